The molecule has 4 rings (SSSR count). The number of amides is 1. The molecule has 0 aliphatic heterocycles. The quantitative estimate of drug-likeness (QED) is 0.566. The van der Waals surface area contributed by atoms with Crippen LogP contribution in [0, 0.1) is 5.92 Å². The lowest BCUT2D eigenvalue weighted by Crippen LogP contribution is -2.35. The molecular formula is C21H24Cl2N4O2. The van der Waals surface area contributed by atoms with Crippen molar-refractivity contribution in [2.45, 2.75) is 38.3 Å². The smallest absolute Gasteiger partial charge is 0.323 e. The SMILES string of the molecule is Cl.N[C@@H]1CCC[C@H]1CC(=O)N(Cc1ccc(Cl)cc1)c1ccc2[nH]c(=O)[nH]c2c1. The highest BCUT2D eigenvalue weighted by Crippen LogP contribution is 2.29. The Morgan fingerprint density at radius 1 is 1.10 bits per heavy atom. The van der Waals surface area contributed by atoms with E-state index in [1.807, 2.05) is 42.5 Å². The summed E-state index contributed by atoms with van der Waals surface area (Å²) < 4.78 is 0. The zero-order chi connectivity index (χ0) is 19.7. The van der Waals surface area contributed by atoms with Crippen LogP contribution < -0.4 is 16.3 Å². The van der Waals surface area contributed by atoms with Crippen molar-refractivity contribution in [3.63, 3.8) is 0 Å². The molecule has 154 valence electrons. The Morgan fingerprint density at radius 2 is 1.83 bits per heavy atom. The van der Waals surface area contributed by atoms with E-state index < -0.39 is 0 Å². The van der Waals surface area contributed by atoms with Crippen LogP contribution in [0.4, 0.5) is 5.69 Å². The molecular weight excluding hydrogens is 411 g/mol. The molecule has 0 saturated heterocycles. The predicted octanol–water partition coefficient (Wildman–Crippen LogP) is 3.98. The Kier molecular flexibility index (Phi) is 6.67. The van der Waals surface area contributed by atoms with Crippen molar-refractivity contribution < 1.29 is 4.79 Å². The Morgan fingerprint density at radius 3 is 2.52 bits per heavy atom. The number of halogens is 2. The van der Waals surface area contributed by atoms with E-state index in [9.17, 15) is 9.59 Å². The standard InChI is InChI=1S/C21H23ClN4O2.ClH/c22-15-6-4-13(5-7-15)12-26(20(27)10-14-2-1-3-17(14)23)16-8-9-18-19(11-16)25-21(28)24-18;/h4-9,11,14,17H,1-3,10,12,23H2,(H2,24,25,28);1H/t14-,17+;/m0./s1. The van der Waals surface area contributed by atoms with Crippen molar-refractivity contribution in [2.24, 2.45) is 11.7 Å². The zero-order valence-corrected chi connectivity index (χ0v) is 17.4. The van der Waals surface area contributed by atoms with Gasteiger partial charge in [0.25, 0.3) is 0 Å². The molecule has 2 aromatic carbocycles. The molecule has 0 unspecified atom stereocenters. The summed E-state index contributed by atoms with van der Waals surface area (Å²) in [6.45, 7) is 0.429. The van der Waals surface area contributed by atoms with Gasteiger partial charge < -0.3 is 20.6 Å². The minimum Gasteiger partial charge on any atom is -0.327 e. The number of hydrogen-bond acceptors (Lipinski definition) is 3. The van der Waals surface area contributed by atoms with Gasteiger partial charge in [0.1, 0.15) is 0 Å². The fraction of sp³-hybridized carbons (Fsp3) is 0.333. The predicted molar refractivity (Wildman–Crippen MR) is 119 cm³/mol. The van der Waals surface area contributed by atoms with Gasteiger partial charge in [-0.05, 0) is 54.7 Å². The first-order valence-corrected chi connectivity index (χ1v) is 9.90. The normalized spacial score (nSPS) is 18.6. The highest BCUT2D eigenvalue weighted by Gasteiger charge is 2.28. The lowest BCUT2D eigenvalue weighted by atomic mass is 9.99. The molecule has 4 N–H and O–H groups in total. The van der Waals surface area contributed by atoms with Crippen molar-refractivity contribution in [1.29, 1.82) is 0 Å². The number of aromatic amines is 2. The van der Waals surface area contributed by atoms with E-state index in [1.54, 1.807) is 4.90 Å². The summed E-state index contributed by atoms with van der Waals surface area (Å²) in [4.78, 5) is 32.0. The van der Waals surface area contributed by atoms with Crippen LogP contribution >= 0.6 is 24.0 Å². The van der Waals surface area contributed by atoms with Crippen molar-refractivity contribution in [2.75, 3.05) is 4.90 Å². The molecule has 0 bridgehead atoms. The number of hydrogen-bond donors (Lipinski definition) is 3. The topological polar surface area (TPSA) is 95.0 Å². The molecule has 1 aliphatic rings. The van der Waals surface area contributed by atoms with E-state index >= 15 is 0 Å². The fourth-order valence-electron chi connectivity index (χ4n) is 3.94. The molecule has 1 aliphatic carbocycles. The molecule has 29 heavy (non-hydrogen) atoms. The fourth-order valence-corrected chi connectivity index (χ4v) is 4.06. The number of carbonyl (C=O) groups is 1. The third kappa shape index (κ3) is 4.83. The van der Waals surface area contributed by atoms with Crippen molar-refractivity contribution in [1.82, 2.24) is 9.97 Å². The van der Waals surface area contributed by atoms with Gasteiger partial charge in [0.2, 0.25) is 5.91 Å². The van der Waals surface area contributed by atoms with E-state index in [0.717, 1.165) is 30.5 Å². The maximum atomic E-state index is 13.2. The van der Waals surface area contributed by atoms with Crippen LogP contribution in [0.2, 0.25) is 5.02 Å². The van der Waals surface area contributed by atoms with E-state index in [2.05, 4.69) is 9.97 Å². The van der Waals surface area contributed by atoms with Gasteiger partial charge in [0, 0.05) is 23.2 Å². The van der Waals surface area contributed by atoms with Gasteiger partial charge >= 0.3 is 5.69 Å². The van der Waals surface area contributed by atoms with Crippen LogP contribution in [-0.4, -0.2) is 21.9 Å². The van der Waals surface area contributed by atoms with Crippen molar-refractivity contribution in [3.8, 4) is 0 Å². The summed E-state index contributed by atoms with van der Waals surface area (Å²) in [5.74, 6) is 0.255. The average Bonchev–Trinajstić information content (AvgIpc) is 3.24. The number of nitrogens with one attached hydrogen (secondary N) is 2. The summed E-state index contributed by atoms with van der Waals surface area (Å²) in [7, 11) is 0. The summed E-state index contributed by atoms with van der Waals surface area (Å²) in [5, 5.41) is 0.657. The molecule has 8 heteroatoms. The van der Waals surface area contributed by atoms with Crippen LogP contribution in [0.3, 0.4) is 0 Å². The summed E-state index contributed by atoms with van der Waals surface area (Å²) >= 11 is 5.99. The Hall–Kier alpha value is -2.28. The molecule has 1 saturated carbocycles. The summed E-state index contributed by atoms with van der Waals surface area (Å²) in [6, 6.07) is 13.1. The third-order valence-corrected chi connectivity index (χ3v) is 5.77. The first kappa shape index (κ1) is 21.4. The monoisotopic (exact) mass is 434 g/mol. The molecule has 1 fully saturated rings. The molecule has 0 spiro atoms. The molecule has 3 aromatic rings. The van der Waals surface area contributed by atoms with Crippen molar-refractivity contribution in [3.05, 3.63) is 63.5 Å². The van der Waals surface area contributed by atoms with Gasteiger partial charge in [-0.2, -0.15) is 0 Å². The third-order valence-electron chi connectivity index (χ3n) is 5.52. The number of nitrogens with two attached hydrogens (primary N) is 1. The maximum Gasteiger partial charge on any atom is 0.323 e. The van der Waals surface area contributed by atoms with E-state index in [-0.39, 0.29) is 36.0 Å². The maximum absolute atomic E-state index is 13.2. The lowest BCUT2D eigenvalue weighted by molar-refractivity contribution is -0.119. The second-order valence-electron chi connectivity index (χ2n) is 7.47. The van der Waals surface area contributed by atoms with Gasteiger partial charge in [-0.25, -0.2) is 4.79 Å². The van der Waals surface area contributed by atoms with Gasteiger partial charge in [-0.15, -0.1) is 12.4 Å². The highest BCUT2D eigenvalue weighted by molar-refractivity contribution is 6.30. The largest absolute Gasteiger partial charge is 0.327 e. The molecule has 1 amide bonds. The lowest BCUT2D eigenvalue weighted by Gasteiger charge is -2.25. The minimum absolute atomic E-state index is 0. The first-order valence-electron chi connectivity index (χ1n) is 9.52. The van der Waals surface area contributed by atoms with E-state index in [4.69, 9.17) is 17.3 Å². The summed E-state index contributed by atoms with van der Waals surface area (Å²) in [5.41, 5.74) is 9.03. The first-order chi connectivity index (χ1) is 13.5. The van der Waals surface area contributed by atoms with Crippen molar-refractivity contribution >= 4 is 46.6 Å². The number of nitrogens with zero attached hydrogens (tertiary/aromatic N) is 1. The highest BCUT2D eigenvalue weighted by atomic mass is 35.5. The molecule has 1 aromatic heterocycles. The van der Waals surface area contributed by atoms with Crippen LogP contribution in [0.25, 0.3) is 11.0 Å². The second-order valence-corrected chi connectivity index (χ2v) is 7.91. The molecule has 0 radical (unpaired) electrons. The zero-order valence-electron chi connectivity index (χ0n) is 15.9. The van der Waals surface area contributed by atoms with E-state index in [1.165, 1.54) is 0 Å². The van der Waals surface area contributed by atoms with Gasteiger partial charge in [0.05, 0.1) is 17.6 Å². The van der Waals surface area contributed by atoms with Crippen LogP contribution in [0.15, 0.2) is 47.3 Å². The summed E-state index contributed by atoms with van der Waals surface area (Å²) in [6.07, 6.45) is 3.47. The average molecular weight is 435 g/mol. The Labute approximate surface area is 179 Å². The number of imidazole rings is 1. The number of carbonyl (C=O) groups excluding carboxylic acids is 1. The number of anilines is 1. The number of aromatic nitrogens is 2. The number of benzene rings is 2. The van der Waals surface area contributed by atoms with E-state index in [0.29, 0.717) is 29.0 Å². The van der Waals surface area contributed by atoms with Crippen LogP contribution in [0.1, 0.15) is 31.2 Å². The van der Waals surface area contributed by atoms with Crippen LogP contribution in [0.5, 0.6) is 0 Å². The van der Waals surface area contributed by atoms with Gasteiger partial charge in [-0.3, -0.25) is 4.79 Å². The number of rotatable bonds is 5. The number of fused-ring (bicyclic) bond motifs is 1. The minimum atomic E-state index is -0.264. The van der Waals surface area contributed by atoms with Gasteiger partial charge in [0.15, 0.2) is 0 Å². The molecule has 2 atom stereocenters. The molecule has 6 nitrogen and oxygen atoms in total. The Balaban J connectivity index is 0.00000240. The number of H-pyrrole nitrogens is 2. The second kappa shape index (κ2) is 9.03. The van der Waals surface area contributed by atoms with Crippen LogP contribution in [-0.2, 0) is 11.3 Å². The Bertz CT molecular complexity index is 1040. The molecule has 1 heterocycles. The van der Waals surface area contributed by atoms with Gasteiger partial charge in [-0.1, -0.05) is 30.2 Å².